The van der Waals surface area contributed by atoms with Gasteiger partial charge in [0.15, 0.2) is 5.79 Å². The first-order valence-corrected chi connectivity index (χ1v) is 20.7. The molecule has 0 amide bonds. The van der Waals surface area contributed by atoms with E-state index in [-0.39, 0.29) is 17.6 Å². The van der Waals surface area contributed by atoms with Gasteiger partial charge in [0.1, 0.15) is 0 Å². The van der Waals surface area contributed by atoms with Crippen LogP contribution in [0.2, 0.25) is 0 Å². The van der Waals surface area contributed by atoms with E-state index >= 15 is 0 Å². The number of nitro groups is 1. The quantitative estimate of drug-likeness (QED) is 0.0291. The molecule has 0 aliphatic carbocycles. The number of hydrogen-bond acceptors (Lipinski definition) is 4. The van der Waals surface area contributed by atoms with Crippen LogP contribution in [0.4, 0.5) is 0 Å². The third-order valence-corrected chi connectivity index (χ3v) is 9.55. The fraction of sp³-hybridized carbons (Fsp3) is 0.814. The summed E-state index contributed by atoms with van der Waals surface area (Å²) in [6.07, 6.45) is 53.2. The molecule has 1 fully saturated rings. The van der Waals surface area contributed by atoms with E-state index < -0.39 is 5.79 Å². The van der Waals surface area contributed by atoms with Crippen molar-refractivity contribution in [2.75, 3.05) is 13.2 Å². The van der Waals surface area contributed by atoms with Crippen LogP contribution < -0.4 is 0 Å². The maximum Gasteiger partial charge on any atom is 0.204 e. The first-order valence-electron chi connectivity index (χ1n) is 20.7. The van der Waals surface area contributed by atoms with Gasteiger partial charge in [-0.25, -0.2) is 0 Å². The molecule has 0 aromatic carbocycles. The predicted octanol–water partition coefficient (Wildman–Crippen LogP) is 14.0. The van der Waals surface area contributed by atoms with Crippen LogP contribution in [-0.4, -0.2) is 30.0 Å². The van der Waals surface area contributed by atoms with Crippen LogP contribution >= 0.6 is 0 Å². The maximum absolute atomic E-state index is 10.8. The zero-order valence-corrected chi connectivity index (χ0v) is 31.7. The van der Waals surface area contributed by atoms with Gasteiger partial charge in [0.05, 0.1) is 12.7 Å². The van der Waals surface area contributed by atoms with E-state index in [1.54, 1.807) is 0 Å². The molecule has 1 rings (SSSR count). The lowest BCUT2D eigenvalue weighted by Crippen LogP contribution is -2.31. The van der Waals surface area contributed by atoms with Gasteiger partial charge in [-0.1, -0.05) is 146 Å². The van der Waals surface area contributed by atoms with Gasteiger partial charge in [-0.2, -0.15) is 0 Å². The minimum Gasteiger partial charge on any atom is -0.347 e. The summed E-state index contributed by atoms with van der Waals surface area (Å²) in [7, 11) is 0. The van der Waals surface area contributed by atoms with Crippen molar-refractivity contribution in [2.45, 2.75) is 212 Å². The highest BCUT2D eigenvalue weighted by atomic mass is 16.7. The average Bonchev–Trinajstić information content (AvgIpc) is 3.48. The summed E-state index contributed by atoms with van der Waals surface area (Å²) in [4.78, 5) is 10.6. The van der Waals surface area contributed by atoms with Crippen LogP contribution in [0.15, 0.2) is 48.6 Å². The Bertz CT molecular complexity index is 835. The molecule has 5 nitrogen and oxygen atoms in total. The van der Waals surface area contributed by atoms with Gasteiger partial charge >= 0.3 is 0 Å². The Morgan fingerprint density at radius 1 is 0.562 bits per heavy atom. The number of rotatable bonds is 35. The molecule has 0 N–H and O–H groups in total. The Morgan fingerprint density at radius 3 is 1.38 bits per heavy atom. The van der Waals surface area contributed by atoms with E-state index in [4.69, 9.17) is 9.47 Å². The van der Waals surface area contributed by atoms with E-state index in [9.17, 15) is 10.1 Å². The summed E-state index contributed by atoms with van der Waals surface area (Å²) >= 11 is 0. The topological polar surface area (TPSA) is 61.6 Å². The van der Waals surface area contributed by atoms with Gasteiger partial charge in [0.2, 0.25) is 6.54 Å². The molecule has 0 aromatic rings. The molecule has 48 heavy (non-hydrogen) atoms. The van der Waals surface area contributed by atoms with E-state index in [0.717, 1.165) is 44.9 Å². The second-order valence-electron chi connectivity index (χ2n) is 14.2. The second kappa shape index (κ2) is 33.8. The van der Waals surface area contributed by atoms with Crippen molar-refractivity contribution in [1.82, 2.24) is 0 Å². The normalized spacial score (nSPS) is 18.5. The molecule has 278 valence electrons. The van der Waals surface area contributed by atoms with Crippen molar-refractivity contribution in [1.29, 1.82) is 0 Å². The molecule has 1 heterocycles. The monoisotopic (exact) mass is 672 g/mol. The molecule has 1 saturated heterocycles. The van der Waals surface area contributed by atoms with Gasteiger partial charge < -0.3 is 9.47 Å². The Morgan fingerprint density at radius 2 is 0.958 bits per heavy atom. The average molecular weight is 672 g/mol. The SMILES string of the molecule is CCCCC/C=C\C/C=C\CCCCCCCCC[C@@]1(CCCCCCCC/C=C\C/C=C\CCCCC)OCC(CCC[N+](=O)[O-])O1. The molecule has 0 saturated carbocycles. The molecule has 0 aromatic heterocycles. The van der Waals surface area contributed by atoms with Crippen LogP contribution in [0.25, 0.3) is 0 Å². The second-order valence-corrected chi connectivity index (χ2v) is 14.2. The Kier molecular flexibility index (Phi) is 31.2. The van der Waals surface area contributed by atoms with Crippen molar-refractivity contribution in [3.8, 4) is 0 Å². The zero-order chi connectivity index (χ0) is 34.6. The van der Waals surface area contributed by atoms with E-state index in [1.807, 2.05) is 0 Å². The summed E-state index contributed by atoms with van der Waals surface area (Å²) < 4.78 is 12.9. The number of nitrogens with zero attached hydrogens (tertiary/aromatic N) is 1. The molecule has 2 atom stereocenters. The lowest BCUT2D eigenvalue weighted by Gasteiger charge is -2.28. The number of unbranched alkanes of at least 4 members (excludes halogenated alkanes) is 19. The molecule has 0 bridgehead atoms. The van der Waals surface area contributed by atoms with Gasteiger partial charge in [-0.3, -0.25) is 10.1 Å². The van der Waals surface area contributed by atoms with Gasteiger partial charge in [-0.05, 0) is 83.5 Å². The van der Waals surface area contributed by atoms with E-state index in [2.05, 4.69) is 62.5 Å². The Balaban J connectivity index is 2.18. The third-order valence-electron chi connectivity index (χ3n) is 9.55. The first kappa shape index (κ1) is 44.3. The van der Waals surface area contributed by atoms with Crippen LogP contribution in [-0.2, 0) is 9.47 Å². The van der Waals surface area contributed by atoms with Crippen LogP contribution in [0.3, 0.4) is 0 Å². The van der Waals surface area contributed by atoms with E-state index in [0.29, 0.717) is 13.0 Å². The zero-order valence-electron chi connectivity index (χ0n) is 31.7. The molecule has 1 unspecified atom stereocenters. The highest BCUT2D eigenvalue weighted by Gasteiger charge is 2.40. The lowest BCUT2D eigenvalue weighted by molar-refractivity contribution is -0.480. The largest absolute Gasteiger partial charge is 0.347 e. The van der Waals surface area contributed by atoms with Crippen molar-refractivity contribution in [3.63, 3.8) is 0 Å². The minimum absolute atomic E-state index is 0.00502. The standard InChI is InChI=1S/C43H77NO4/c1-3-5-7-9-11-13-15-17-19-21-23-25-27-29-31-33-35-39-43(47-41-42(48-43)37-36-40-44(45)46)38-34-32-30-28-26-24-22-20-18-16-14-12-10-8-6-4-2/h11-14,17-20,42H,3-10,15-16,21-41H2,1-2H3/b13-11-,14-12-,19-17-,20-18-/t42?,43-/m0/s1. The van der Waals surface area contributed by atoms with Crippen LogP contribution in [0.1, 0.15) is 200 Å². The molecule has 1 aliphatic heterocycles. The van der Waals surface area contributed by atoms with Gasteiger partial charge in [-0.15, -0.1) is 0 Å². The lowest BCUT2D eigenvalue weighted by atomic mass is 9.98. The third kappa shape index (κ3) is 28.2. The Labute approximate surface area is 297 Å². The number of allylic oxidation sites excluding steroid dienone is 8. The highest BCUT2D eigenvalue weighted by Crippen LogP contribution is 2.36. The van der Waals surface area contributed by atoms with Gasteiger partial charge in [0, 0.05) is 24.2 Å². The highest BCUT2D eigenvalue weighted by molar-refractivity contribution is 4.93. The van der Waals surface area contributed by atoms with Crippen molar-refractivity contribution in [2.24, 2.45) is 0 Å². The van der Waals surface area contributed by atoms with Crippen molar-refractivity contribution in [3.05, 3.63) is 58.7 Å². The van der Waals surface area contributed by atoms with Crippen molar-refractivity contribution < 1.29 is 14.4 Å². The number of hydrogen-bond donors (Lipinski definition) is 0. The predicted molar refractivity (Wildman–Crippen MR) is 207 cm³/mol. The first-order chi connectivity index (χ1) is 23.6. The molecular formula is C43H77NO4. The number of ether oxygens (including phenoxy) is 2. The minimum atomic E-state index is -0.467. The smallest absolute Gasteiger partial charge is 0.204 e. The maximum atomic E-state index is 10.8. The molecule has 1 aliphatic rings. The summed E-state index contributed by atoms with van der Waals surface area (Å²) in [5, 5.41) is 10.8. The molecule has 0 radical (unpaired) electrons. The Hall–Kier alpha value is -1.72. The molecule has 5 heteroatoms. The van der Waals surface area contributed by atoms with Gasteiger partial charge in [0.25, 0.3) is 0 Å². The summed E-state index contributed by atoms with van der Waals surface area (Å²) in [6.45, 7) is 5.12. The van der Waals surface area contributed by atoms with Crippen LogP contribution in [0.5, 0.6) is 0 Å². The van der Waals surface area contributed by atoms with Crippen molar-refractivity contribution >= 4 is 0 Å². The fourth-order valence-electron chi connectivity index (χ4n) is 6.54. The van der Waals surface area contributed by atoms with Crippen LogP contribution in [0, 0.1) is 10.1 Å². The summed E-state index contributed by atoms with van der Waals surface area (Å²) in [5.41, 5.74) is 0. The van der Waals surface area contributed by atoms with E-state index in [1.165, 1.54) is 135 Å². The molecule has 0 spiro atoms. The fourth-order valence-corrected chi connectivity index (χ4v) is 6.54. The molecular weight excluding hydrogens is 594 g/mol. The summed E-state index contributed by atoms with van der Waals surface area (Å²) in [5.74, 6) is -0.467. The summed E-state index contributed by atoms with van der Waals surface area (Å²) in [6, 6.07) is 0.